The largest absolute Gasteiger partial charge is 0.487 e. The van der Waals surface area contributed by atoms with Crippen LogP contribution in [0.15, 0.2) is 133 Å². The summed E-state index contributed by atoms with van der Waals surface area (Å²) in [5.41, 5.74) is 4.17. The Balaban J connectivity index is 1.47. The lowest BCUT2D eigenvalue weighted by Crippen LogP contribution is -2.56. The van der Waals surface area contributed by atoms with Gasteiger partial charge in [-0.1, -0.05) is 135 Å². The smallest absolute Gasteiger partial charge is 0.150 e. The van der Waals surface area contributed by atoms with Gasteiger partial charge in [-0.15, -0.1) is 0 Å². The molecular formula is C40H44O6. The number of allylic oxidation sites excluding steroid dienone is 1. The Morgan fingerprint density at radius 3 is 1.54 bits per heavy atom. The molecule has 1 saturated heterocycles. The zero-order chi connectivity index (χ0) is 32.0. The van der Waals surface area contributed by atoms with Gasteiger partial charge in [0, 0.05) is 12.3 Å². The van der Waals surface area contributed by atoms with E-state index in [2.05, 4.69) is 0 Å². The van der Waals surface area contributed by atoms with E-state index in [1.165, 1.54) is 0 Å². The molecule has 0 N–H and O–H groups in total. The number of carbonyl (C=O) groups excluding carboxylic acids is 1. The molecule has 6 nitrogen and oxygen atoms in total. The standard InChI is InChI=1S/C40H44O6/c1-30(2)35(41)23-24-36-38(43-26-32-17-9-4-10-18-32)40(45-28-34-21-13-6-14-22-34)39(44-27-33-19-11-5-12-20-33)37(46-36)29-42-25-31-15-7-3-8-16-31/h3-22,24,30,37-40H,23,25-29H2,1-2H3/b36-24-/t37?,38?,39-,40?/m1/s1. The maximum absolute atomic E-state index is 12.8. The van der Waals surface area contributed by atoms with E-state index in [9.17, 15) is 4.79 Å². The first-order valence-corrected chi connectivity index (χ1v) is 16.0. The maximum Gasteiger partial charge on any atom is 0.150 e. The second-order valence-corrected chi connectivity index (χ2v) is 11.8. The van der Waals surface area contributed by atoms with Crippen molar-refractivity contribution in [2.45, 2.75) is 71.1 Å². The van der Waals surface area contributed by atoms with E-state index in [4.69, 9.17) is 23.7 Å². The molecule has 240 valence electrons. The van der Waals surface area contributed by atoms with Crippen LogP contribution in [0, 0.1) is 5.92 Å². The molecule has 0 amide bonds. The number of carbonyl (C=O) groups is 1. The fourth-order valence-electron chi connectivity index (χ4n) is 5.31. The highest BCUT2D eigenvalue weighted by Crippen LogP contribution is 2.33. The van der Waals surface area contributed by atoms with Crippen molar-refractivity contribution < 1.29 is 28.5 Å². The highest BCUT2D eigenvalue weighted by molar-refractivity contribution is 5.81. The number of rotatable bonds is 16. The van der Waals surface area contributed by atoms with Gasteiger partial charge < -0.3 is 23.7 Å². The van der Waals surface area contributed by atoms with Gasteiger partial charge in [0.2, 0.25) is 0 Å². The number of benzene rings is 4. The first kappa shape index (κ1) is 33.3. The van der Waals surface area contributed by atoms with Crippen molar-refractivity contribution in [3.63, 3.8) is 0 Å². The predicted molar refractivity (Wildman–Crippen MR) is 179 cm³/mol. The highest BCUT2D eigenvalue weighted by atomic mass is 16.6. The van der Waals surface area contributed by atoms with E-state index >= 15 is 0 Å². The second-order valence-electron chi connectivity index (χ2n) is 11.8. The SMILES string of the molecule is CC(C)C(=O)C/C=C1\OC(COCc2ccccc2)[C@@H](OCc2ccccc2)C(OCc2ccccc2)C1OCc1ccccc1. The van der Waals surface area contributed by atoms with Gasteiger partial charge in [-0.2, -0.15) is 0 Å². The Labute approximate surface area is 272 Å². The summed E-state index contributed by atoms with van der Waals surface area (Å²) in [6, 6.07) is 40.2. The van der Waals surface area contributed by atoms with Gasteiger partial charge in [-0.25, -0.2) is 0 Å². The van der Waals surface area contributed by atoms with Crippen molar-refractivity contribution in [2.24, 2.45) is 5.92 Å². The summed E-state index contributed by atoms with van der Waals surface area (Å²) in [5, 5.41) is 0. The molecule has 3 unspecified atom stereocenters. The minimum atomic E-state index is -0.616. The molecule has 0 aliphatic carbocycles. The molecule has 0 spiro atoms. The fourth-order valence-corrected chi connectivity index (χ4v) is 5.31. The summed E-state index contributed by atoms with van der Waals surface area (Å²) in [7, 11) is 0. The van der Waals surface area contributed by atoms with E-state index in [1.54, 1.807) is 0 Å². The first-order chi connectivity index (χ1) is 22.6. The molecular weight excluding hydrogens is 576 g/mol. The Morgan fingerprint density at radius 2 is 1.07 bits per heavy atom. The van der Waals surface area contributed by atoms with Crippen LogP contribution in [-0.4, -0.2) is 36.8 Å². The van der Waals surface area contributed by atoms with Crippen molar-refractivity contribution in [3.8, 4) is 0 Å². The Kier molecular flexibility index (Phi) is 12.7. The van der Waals surface area contributed by atoms with Crippen molar-refractivity contribution >= 4 is 5.78 Å². The molecule has 1 fully saturated rings. The molecule has 1 aliphatic heterocycles. The minimum Gasteiger partial charge on any atom is -0.487 e. The normalized spacial score (nSPS) is 20.5. The van der Waals surface area contributed by atoms with Crippen molar-refractivity contribution in [3.05, 3.63) is 155 Å². The third-order valence-corrected chi connectivity index (χ3v) is 7.94. The molecule has 46 heavy (non-hydrogen) atoms. The van der Waals surface area contributed by atoms with Gasteiger partial charge in [0.1, 0.15) is 29.9 Å². The Morgan fingerprint density at radius 1 is 0.630 bits per heavy atom. The van der Waals surface area contributed by atoms with Crippen molar-refractivity contribution in [1.29, 1.82) is 0 Å². The number of Topliss-reactive ketones (excluding diaryl/α,β-unsaturated/α-hetero) is 1. The fraction of sp³-hybridized carbons (Fsp3) is 0.325. The monoisotopic (exact) mass is 620 g/mol. The van der Waals surface area contributed by atoms with Crippen molar-refractivity contribution in [2.75, 3.05) is 6.61 Å². The van der Waals surface area contributed by atoms with Crippen LogP contribution in [0.3, 0.4) is 0 Å². The minimum absolute atomic E-state index is 0.0961. The Bertz CT molecular complexity index is 1470. The number of hydrogen-bond donors (Lipinski definition) is 0. The lowest BCUT2D eigenvalue weighted by molar-refractivity contribution is -0.223. The van der Waals surface area contributed by atoms with Crippen LogP contribution in [0.5, 0.6) is 0 Å². The molecule has 4 aromatic rings. The van der Waals surface area contributed by atoms with Gasteiger partial charge in [0.05, 0.1) is 33.0 Å². The highest BCUT2D eigenvalue weighted by Gasteiger charge is 2.46. The van der Waals surface area contributed by atoms with Crippen LogP contribution < -0.4 is 0 Å². The van der Waals surface area contributed by atoms with E-state index in [1.807, 2.05) is 141 Å². The zero-order valence-electron chi connectivity index (χ0n) is 26.7. The van der Waals surface area contributed by atoms with Gasteiger partial charge in [-0.3, -0.25) is 4.79 Å². The molecule has 1 heterocycles. The molecule has 1 aliphatic rings. The lowest BCUT2D eigenvalue weighted by Gasteiger charge is -2.43. The summed E-state index contributed by atoms with van der Waals surface area (Å²) in [6.45, 7) is 5.58. The summed E-state index contributed by atoms with van der Waals surface area (Å²) < 4.78 is 33.0. The molecule has 0 aromatic heterocycles. The second kappa shape index (κ2) is 17.6. The summed E-state index contributed by atoms with van der Waals surface area (Å²) >= 11 is 0. The number of hydrogen-bond acceptors (Lipinski definition) is 6. The summed E-state index contributed by atoms with van der Waals surface area (Å²) in [6.07, 6.45) is -0.115. The van der Waals surface area contributed by atoms with Crippen LogP contribution in [0.2, 0.25) is 0 Å². The molecule has 5 rings (SSSR count). The quantitative estimate of drug-likeness (QED) is 0.127. The third kappa shape index (κ3) is 9.96. The zero-order valence-corrected chi connectivity index (χ0v) is 26.7. The molecule has 0 radical (unpaired) electrons. The molecule has 0 saturated carbocycles. The van der Waals surface area contributed by atoms with Crippen LogP contribution in [-0.2, 0) is 54.9 Å². The predicted octanol–water partition coefficient (Wildman–Crippen LogP) is 7.86. The maximum atomic E-state index is 12.8. The summed E-state index contributed by atoms with van der Waals surface area (Å²) in [5.74, 6) is 0.594. The first-order valence-electron chi connectivity index (χ1n) is 16.0. The Hall–Kier alpha value is -4.07. The number of ketones is 1. The van der Waals surface area contributed by atoms with E-state index in [0.29, 0.717) is 32.2 Å². The van der Waals surface area contributed by atoms with Crippen molar-refractivity contribution in [1.82, 2.24) is 0 Å². The summed E-state index contributed by atoms with van der Waals surface area (Å²) in [4.78, 5) is 12.8. The average Bonchev–Trinajstić information content (AvgIpc) is 3.10. The lowest BCUT2D eigenvalue weighted by atomic mass is 9.95. The number of ether oxygens (including phenoxy) is 5. The topological polar surface area (TPSA) is 63.2 Å². The molecule has 4 aromatic carbocycles. The van der Waals surface area contributed by atoms with Crippen LogP contribution in [0.25, 0.3) is 0 Å². The van der Waals surface area contributed by atoms with Gasteiger partial charge >= 0.3 is 0 Å². The average molecular weight is 621 g/mol. The van der Waals surface area contributed by atoms with E-state index in [-0.39, 0.29) is 24.7 Å². The van der Waals surface area contributed by atoms with Crippen LogP contribution in [0.4, 0.5) is 0 Å². The molecule has 0 bridgehead atoms. The van der Waals surface area contributed by atoms with Gasteiger partial charge in [0.15, 0.2) is 6.10 Å². The third-order valence-electron chi connectivity index (χ3n) is 7.94. The van der Waals surface area contributed by atoms with E-state index < -0.39 is 24.4 Å². The van der Waals surface area contributed by atoms with E-state index in [0.717, 1.165) is 22.3 Å². The molecule has 4 atom stereocenters. The van der Waals surface area contributed by atoms with Gasteiger partial charge in [-0.05, 0) is 28.3 Å². The van der Waals surface area contributed by atoms with Crippen LogP contribution in [0.1, 0.15) is 42.5 Å². The van der Waals surface area contributed by atoms with Crippen LogP contribution >= 0.6 is 0 Å². The molecule has 6 heteroatoms. The van der Waals surface area contributed by atoms with Gasteiger partial charge in [0.25, 0.3) is 0 Å².